The van der Waals surface area contributed by atoms with Gasteiger partial charge in [-0.25, -0.2) is 4.79 Å². The number of carbonyl (C=O) groups is 2. The highest BCUT2D eigenvalue weighted by molar-refractivity contribution is 5.76. The molecule has 0 saturated heterocycles. The number of carbonyl (C=O) groups excluding carboxylic acids is 1. The fourth-order valence-electron chi connectivity index (χ4n) is 1.48. The zero-order chi connectivity index (χ0) is 14.1. The highest BCUT2D eigenvalue weighted by atomic mass is 16.4. The van der Waals surface area contributed by atoms with Crippen molar-refractivity contribution in [2.75, 3.05) is 0 Å². The molecule has 0 aromatic rings. The van der Waals surface area contributed by atoms with E-state index in [2.05, 4.69) is 16.6 Å². The highest BCUT2D eigenvalue weighted by Crippen LogP contribution is 2.06. The number of urea groups is 1. The topological polar surface area (TPSA) is 78.4 Å². The normalized spacial score (nSPS) is 13.5. The molecule has 2 amide bonds. The summed E-state index contributed by atoms with van der Waals surface area (Å²) in [5.74, 6) is 1.62. The van der Waals surface area contributed by atoms with Gasteiger partial charge in [0.2, 0.25) is 0 Å². The van der Waals surface area contributed by atoms with E-state index in [9.17, 15) is 9.59 Å². The molecular weight excluding hydrogens is 232 g/mol. The highest BCUT2D eigenvalue weighted by Gasteiger charge is 2.20. The van der Waals surface area contributed by atoms with E-state index < -0.39 is 5.97 Å². The predicted octanol–water partition coefficient (Wildman–Crippen LogP) is 1.59. The maximum atomic E-state index is 11.7. The zero-order valence-electron chi connectivity index (χ0n) is 11.2. The van der Waals surface area contributed by atoms with Crippen LogP contribution < -0.4 is 10.6 Å². The van der Waals surface area contributed by atoms with Crippen LogP contribution in [-0.2, 0) is 4.79 Å². The molecule has 0 heterocycles. The maximum Gasteiger partial charge on any atom is 0.315 e. The second-order valence-electron chi connectivity index (χ2n) is 4.58. The van der Waals surface area contributed by atoms with E-state index in [-0.39, 0.29) is 30.5 Å². The van der Waals surface area contributed by atoms with E-state index in [1.165, 1.54) is 0 Å². The number of carboxylic acid groups (broad SMARTS) is 1. The van der Waals surface area contributed by atoms with Crippen LogP contribution in [0.2, 0.25) is 0 Å². The van der Waals surface area contributed by atoms with Gasteiger partial charge in [0.15, 0.2) is 0 Å². The Morgan fingerprint density at radius 1 is 1.33 bits per heavy atom. The first-order chi connectivity index (χ1) is 8.40. The van der Waals surface area contributed by atoms with Gasteiger partial charge >= 0.3 is 12.0 Å². The lowest BCUT2D eigenvalue weighted by molar-refractivity contribution is -0.137. The molecule has 0 aliphatic carbocycles. The summed E-state index contributed by atoms with van der Waals surface area (Å²) in [7, 11) is 0. The molecule has 0 aliphatic heterocycles. The van der Waals surface area contributed by atoms with Crippen molar-refractivity contribution in [3.8, 4) is 12.3 Å². The van der Waals surface area contributed by atoms with E-state index in [1.807, 2.05) is 20.8 Å². The number of terminal acetylenes is 1. The number of rotatable bonds is 7. The van der Waals surface area contributed by atoms with Crippen molar-refractivity contribution in [1.82, 2.24) is 10.6 Å². The molecular formula is C13H22N2O3. The number of hydrogen-bond donors (Lipinski definition) is 3. The van der Waals surface area contributed by atoms with Gasteiger partial charge in [0.1, 0.15) is 0 Å². The first-order valence-corrected chi connectivity index (χ1v) is 6.12. The van der Waals surface area contributed by atoms with Crippen LogP contribution in [0, 0.1) is 18.3 Å². The van der Waals surface area contributed by atoms with Crippen molar-refractivity contribution in [2.45, 2.75) is 52.1 Å². The molecule has 0 aromatic heterocycles. The molecule has 0 bridgehead atoms. The third-order valence-electron chi connectivity index (χ3n) is 2.71. The standard InChI is InChI=1S/C13H22N2O3/c1-5-7-10(6-2)14-13(18)15-11(9(3)4)8-12(16)17/h1,9-11H,6-8H2,2-4H3,(H,16,17)(H2,14,15,18). The second kappa shape index (κ2) is 8.40. The first-order valence-electron chi connectivity index (χ1n) is 6.12. The molecule has 0 aromatic carbocycles. The van der Waals surface area contributed by atoms with Crippen LogP contribution in [0.1, 0.15) is 40.0 Å². The van der Waals surface area contributed by atoms with Crippen molar-refractivity contribution >= 4 is 12.0 Å². The van der Waals surface area contributed by atoms with Crippen molar-refractivity contribution in [3.05, 3.63) is 0 Å². The molecule has 102 valence electrons. The Morgan fingerprint density at radius 3 is 2.33 bits per heavy atom. The van der Waals surface area contributed by atoms with Crippen LogP contribution in [0.4, 0.5) is 4.79 Å². The summed E-state index contributed by atoms with van der Waals surface area (Å²) in [5, 5.41) is 14.2. The summed E-state index contributed by atoms with van der Waals surface area (Å²) >= 11 is 0. The minimum Gasteiger partial charge on any atom is -0.481 e. The molecule has 0 fully saturated rings. The molecule has 0 aliphatic rings. The Bertz CT molecular complexity index is 321. The minimum atomic E-state index is -0.926. The molecule has 0 saturated carbocycles. The summed E-state index contributed by atoms with van der Waals surface area (Å²) in [4.78, 5) is 22.4. The van der Waals surface area contributed by atoms with E-state index in [0.717, 1.165) is 6.42 Å². The summed E-state index contributed by atoms with van der Waals surface area (Å²) in [6, 6.07) is -0.824. The average molecular weight is 254 g/mol. The lowest BCUT2D eigenvalue weighted by Gasteiger charge is -2.22. The van der Waals surface area contributed by atoms with Crippen LogP contribution >= 0.6 is 0 Å². The van der Waals surface area contributed by atoms with Crippen LogP contribution in [-0.4, -0.2) is 29.2 Å². The third-order valence-corrected chi connectivity index (χ3v) is 2.71. The molecule has 5 nitrogen and oxygen atoms in total. The number of carboxylic acids is 1. The second-order valence-corrected chi connectivity index (χ2v) is 4.58. The summed E-state index contributed by atoms with van der Waals surface area (Å²) in [6.45, 7) is 5.67. The number of aliphatic carboxylic acids is 1. The lowest BCUT2D eigenvalue weighted by atomic mass is 10.0. The fourth-order valence-corrected chi connectivity index (χ4v) is 1.48. The SMILES string of the molecule is C#CCC(CC)NC(=O)NC(CC(=O)O)C(C)C. The van der Waals surface area contributed by atoms with Crippen LogP contribution in [0.25, 0.3) is 0 Å². The van der Waals surface area contributed by atoms with Crippen LogP contribution in [0.3, 0.4) is 0 Å². The molecule has 2 atom stereocenters. The third kappa shape index (κ3) is 6.79. The van der Waals surface area contributed by atoms with Crippen molar-refractivity contribution in [2.24, 2.45) is 5.92 Å². The quantitative estimate of drug-likeness (QED) is 0.604. The Morgan fingerprint density at radius 2 is 1.94 bits per heavy atom. The Hall–Kier alpha value is -1.70. The zero-order valence-corrected chi connectivity index (χ0v) is 11.2. The summed E-state index contributed by atoms with van der Waals surface area (Å²) in [5.41, 5.74) is 0. The molecule has 2 unspecified atom stereocenters. The van der Waals surface area contributed by atoms with Crippen molar-refractivity contribution < 1.29 is 14.7 Å². The molecule has 0 rings (SSSR count). The van der Waals surface area contributed by atoms with Gasteiger partial charge in [-0.15, -0.1) is 12.3 Å². The predicted molar refractivity (Wildman–Crippen MR) is 70.1 cm³/mol. The van der Waals surface area contributed by atoms with Gasteiger partial charge in [0.05, 0.1) is 6.42 Å². The van der Waals surface area contributed by atoms with Crippen LogP contribution in [0.5, 0.6) is 0 Å². The number of hydrogen-bond acceptors (Lipinski definition) is 2. The average Bonchev–Trinajstić information content (AvgIpc) is 2.26. The van der Waals surface area contributed by atoms with Crippen molar-refractivity contribution in [1.29, 1.82) is 0 Å². The Balaban J connectivity index is 4.33. The van der Waals surface area contributed by atoms with Gasteiger partial charge in [0, 0.05) is 18.5 Å². The van der Waals surface area contributed by atoms with Gasteiger partial charge < -0.3 is 15.7 Å². The molecule has 0 spiro atoms. The summed E-state index contributed by atoms with van der Waals surface area (Å²) in [6.07, 6.45) is 6.32. The van der Waals surface area contributed by atoms with Gasteiger partial charge in [-0.3, -0.25) is 4.79 Å². The monoisotopic (exact) mass is 254 g/mol. The Kier molecular flexibility index (Phi) is 7.61. The molecule has 3 N–H and O–H groups in total. The maximum absolute atomic E-state index is 11.7. The molecule has 5 heteroatoms. The smallest absolute Gasteiger partial charge is 0.315 e. The van der Waals surface area contributed by atoms with Crippen LogP contribution in [0.15, 0.2) is 0 Å². The van der Waals surface area contributed by atoms with E-state index in [1.54, 1.807) is 0 Å². The lowest BCUT2D eigenvalue weighted by Crippen LogP contribution is -2.48. The first kappa shape index (κ1) is 16.3. The summed E-state index contributed by atoms with van der Waals surface area (Å²) < 4.78 is 0. The minimum absolute atomic E-state index is 0.0551. The largest absolute Gasteiger partial charge is 0.481 e. The van der Waals surface area contributed by atoms with Crippen molar-refractivity contribution in [3.63, 3.8) is 0 Å². The van der Waals surface area contributed by atoms with Gasteiger partial charge in [-0.05, 0) is 12.3 Å². The number of amides is 2. The number of nitrogens with one attached hydrogen (secondary N) is 2. The Labute approximate surface area is 108 Å². The molecule has 0 radical (unpaired) electrons. The van der Waals surface area contributed by atoms with E-state index in [4.69, 9.17) is 11.5 Å². The van der Waals surface area contributed by atoms with E-state index in [0.29, 0.717) is 6.42 Å². The fraction of sp³-hybridized carbons (Fsp3) is 0.692. The molecule has 18 heavy (non-hydrogen) atoms. The van der Waals surface area contributed by atoms with Gasteiger partial charge in [-0.1, -0.05) is 20.8 Å². The van der Waals surface area contributed by atoms with Gasteiger partial charge in [0.25, 0.3) is 0 Å². The van der Waals surface area contributed by atoms with E-state index >= 15 is 0 Å². The van der Waals surface area contributed by atoms with Gasteiger partial charge in [-0.2, -0.15) is 0 Å².